The number of pyridine rings is 2. The molecule has 5 heterocycles. The molecule has 40 heavy (non-hydrogen) atoms. The minimum absolute atomic E-state index is 0.000667. The number of imidazole rings is 1. The Bertz CT molecular complexity index is 1910. The molecule has 1 aromatic carbocycles. The molecule has 10 heteroatoms. The molecule has 1 atom stereocenters. The lowest BCUT2D eigenvalue weighted by Crippen LogP contribution is -2.44. The molecule has 1 saturated heterocycles. The molecule has 2 N–H and O–H groups in total. The monoisotopic (exact) mass is 534 g/mol. The minimum atomic E-state index is -0.458. The fraction of sp³-hybridized carbons (Fsp3) is 0.300. The van der Waals surface area contributed by atoms with Crippen LogP contribution in [-0.2, 0) is 20.1 Å². The van der Waals surface area contributed by atoms with Crippen molar-refractivity contribution in [3.05, 3.63) is 81.3 Å². The number of rotatable bonds is 5. The van der Waals surface area contributed by atoms with Crippen LogP contribution in [-0.4, -0.2) is 47.8 Å². The van der Waals surface area contributed by atoms with Crippen LogP contribution in [0.25, 0.3) is 33.3 Å². The summed E-state index contributed by atoms with van der Waals surface area (Å²) in [6, 6.07) is 15.4. The van der Waals surface area contributed by atoms with Crippen LogP contribution >= 0.6 is 0 Å². The number of nitrogens with two attached hydrogens (primary N) is 1. The van der Waals surface area contributed by atoms with Gasteiger partial charge in [-0.15, -0.1) is 5.92 Å². The van der Waals surface area contributed by atoms with Crippen LogP contribution in [0.4, 0.5) is 5.95 Å². The average molecular weight is 535 g/mol. The van der Waals surface area contributed by atoms with Crippen LogP contribution in [0.5, 0.6) is 0 Å². The van der Waals surface area contributed by atoms with Gasteiger partial charge in [0.25, 0.3) is 5.56 Å². The van der Waals surface area contributed by atoms with Gasteiger partial charge in [0.05, 0.1) is 30.0 Å². The summed E-state index contributed by atoms with van der Waals surface area (Å²) in [5, 5.41) is 0.946. The van der Waals surface area contributed by atoms with Gasteiger partial charge in [-0.3, -0.25) is 28.5 Å². The zero-order valence-electron chi connectivity index (χ0n) is 22.5. The molecule has 0 aliphatic carbocycles. The average Bonchev–Trinajstić information content (AvgIpc) is 3.37. The highest BCUT2D eigenvalue weighted by molar-refractivity contribution is 5.93. The second-order valence-electron chi connectivity index (χ2n) is 10.1. The van der Waals surface area contributed by atoms with E-state index in [1.165, 1.54) is 9.13 Å². The van der Waals surface area contributed by atoms with Gasteiger partial charge in [-0.25, -0.2) is 4.79 Å². The van der Waals surface area contributed by atoms with Gasteiger partial charge in [-0.2, -0.15) is 4.98 Å². The highest BCUT2D eigenvalue weighted by atomic mass is 16.2. The summed E-state index contributed by atoms with van der Waals surface area (Å²) >= 11 is 0. The first-order chi connectivity index (χ1) is 19.5. The fourth-order valence-electron chi connectivity index (χ4n) is 5.45. The van der Waals surface area contributed by atoms with Crippen molar-refractivity contribution >= 4 is 28.0 Å². The van der Waals surface area contributed by atoms with Crippen molar-refractivity contribution in [1.29, 1.82) is 0 Å². The molecule has 0 spiro atoms. The number of benzene rings is 1. The number of hydrogen-bond donors (Lipinski definition) is 1. The molecule has 1 aliphatic rings. The zero-order valence-corrected chi connectivity index (χ0v) is 22.5. The fourth-order valence-corrected chi connectivity index (χ4v) is 5.45. The Balaban J connectivity index is 1.53. The van der Waals surface area contributed by atoms with Crippen molar-refractivity contribution in [2.45, 2.75) is 38.9 Å². The molecule has 10 nitrogen and oxygen atoms in total. The highest BCUT2D eigenvalue weighted by Crippen LogP contribution is 2.27. The van der Waals surface area contributed by atoms with E-state index in [4.69, 9.17) is 15.7 Å². The third-order valence-corrected chi connectivity index (χ3v) is 7.40. The SMILES string of the molecule is CC#CCn1c(N2CCCC(N)C2)nc2c1c(=O)n(Cc1cc(-c3ccccn3)c3ccccc3n1)c(=O)n2C. The number of para-hydroxylation sites is 1. The van der Waals surface area contributed by atoms with Gasteiger partial charge in [0.2, 0.25) is 5.95 Å². The van der Waals surface area contributed by atoms with Gasteiger partial charge in [0.1, 0.15) is 0 Å². The van der Waals surface area contributed by atoms with Gasteiger partial charge in [0, 0.05) is 43.3 Å². The number of aryl methyl sites for hydroxylation is 1. The summed E-state index contributed by atoms with van der Waals surface area (Å²) in [6.07, 6.45) is 3.61. The molecular weight excluding hydrogens is 504 g/mol. The van der Waals surface area contributed by atoms with E-state index < -0.39 is 11.2 Å². The first kappa shape index (κ1) is 25.5. The smallest absolute Gasteiger partial charge is 0.332 e. The first-order valence-corrected chi connectivity index (χ1v) is 13.4. The number of piperidine rings is 1. The van der Waals surface area contributed by atoms with Crippen molar-refractivity contribution in [2.75, 3.05) is 18.0 Å². The lowest BCUT2D eigenvalue weighted by molar-refractivity contribution is 0.496. The minimum Gasteiger partial charge on any atom is -0.341 e. The number of aromatic nitrogens is 6. The Hall–Kier alpha value is -4.75. The number of nitrogens with zero attached hydrogens (tertiary/aromatic N) is 7. The van der Waals surface area contributed by atoms with E-state index in [0.717, 1.165) is 41.5 Å². The molecule has 202 valence electrons. The van der Waals surface area contributed by atoms with Gasteiger partial charge in [-0.05, 0) is 44.0 Å². The van der Waals surface area contributed by atoms with E-state index in [1.807, 2.05) is 53.1 Å². The quantitative estimate of drug-likeness (QED) is 0.344. The summed E-state index contributed by atoms with van der Waals surface area (Å²) in [6.45, 7) is 3.44. The molecule has 4 aromatic heterocycles. The standard InChI is InChI=1S/C30H30N8O2/c1-3-4-16-37-26-27(34-29(37)36-15-9-10-20(31)18-36)35(2)30(40)38(28(26)39)19-21-17-23(24-12-7-8-14-32-24)22-11-5-6-13-25(22)33-21/h5-8,11-14,17,20H,9-10,15-16,18-19,31H2,1-2H3. The molecule has 0 amide bonds. The molecular formula is C30H30N8O2. The number of anilines is 1. The Labute approximate surface area is 230 Å². The summed E-state index contributed by atoms with van der Waals surface area (Å²) in [5.74, 6) is 6.59. The summed E-state index contributed by atoms with van der Waals surface area (Å²) in [4.78, 5) is 43.8. The van der Waals surface area contributed by atoms with Crippen LogP contribution in [0.3, 0.4) is 0 Å². The van der Waals surface area contributed by atoms with E-state index in [1.54, 1.807) is 20.2 Å². The van der Waals surface area contributed by atoms with Gasteiger partial charge in [-0.1, -0.05) is 30.2 Å². The van der Waals surface area contributed by atoms with E-state index >= 15 is 0 Å². The van der Waals surface area contributed by atoms with Gasteiger partial charge in [0.15, 0.2) is 11.2 Å². The predicted octanol–water partition coefficient (Wildman–Crippen LogP) is 2.51. The van der Waals surface area contributed by atoms with Crippen LogP contribution in [0.15, 0.2) is 64.3 Å². The molecule has 1 unspecified atom stereocenters. The Morgan fingerprint density at radius 2 is 1.90 bits per heavy atom. The second-order valence-corrected chi connectivity index (χ2v) is 10.1. The Morgan fingerprint density at radius 1 is 1.07 bits per heavy atom. The molecule has 5 aromatic rings. The largest absolute Gasteiger partial charge is 0.341 e. The van der Waals surface area contributed by atoms with E-state index in [2.05, 4.69) is 21.7 Å². The topological polar surface area (TPSA) is 117 Å². The number of fused-ring (bicyclic) bond motifs is 2. The maximum Gasteiger partial charge on any atom is 0.332 e. The highest BCUT2D eigenvalue weighted by Gasteiger charge is 2.26. The van der Waals surface area contributed by atoms with Crippen LogP contribution in [0.2, 0.25) is 0 Å². The maximum atomic E-state index is 14.0. The van der Waals surface area contributed by atoms with Crippen molar-refractivity contribution < 1.29 is 0 Å². The van der Waals surface area contributed by atoms with Gasteiger partial charge < -0.3 is 10.6 Å². The summed E-state index contributed by atoms with van der Waals surface area (Å²) in [7, 11) is 1.64. The summed E-state index contributed by atoms with van der Waals surface area (Å²) < 4.78 is 4.47. The normalized spacial score (nSPS) is 15.4. The van der Waals surface area contributed by atoms with Crippen molar-refractivity contribution in [3.63, 3.8) is 0 Å². The van der Waals surface area contributed by atoms with Crippen LogP contribution in [0, 0.1) is 11.8 Å². The molecule has 0 radical (unpaired) electrons. The zero-order chi connectivity index (χ0) is 27.8. The molecule has 6 rings (SSSR count). The van der Waals surface area contributed by atoms with E-state index in [9.17, 15) is 9.59 Å². The maximum absolute atomic E-state index is 14.0. The molecule has 0 saturated carbocycles. The third kappa shape index (κ3) is 4.44. The van der Waals surface area contributed by atoms with Crippen molar-refractivity contribution in [3.8, 4) is 23.1 Å². The van der Waals surface area contributed by atoms with E-state index in [-0.39, 0.29) is 19.1 Å². The van der Waals surface area contributed by atoms with Crippen LogP contribution in [0.1, 0.15) is 25.5 Å². The lowest BCUT2D eigenvalue weighted by atomic mass is 10.0. The Morgan fingerprint density at radius 3 is 2.67 bits per heavy atom. The second kappa shape index (κ2) is 10.4. The van der Waals surface area contributed by atoms with Crippen LogP contribution < -0.4 is 21.9 Å². The van der Waals surface area contributed by atoms with Gasteiger partial charge >= 0.3 is 5.69 Å². The summed E-state index contributed by atoms with van der Waals surface area (Å²) in [5.41, 5.74) is 9.07. The Kier molecular flexibility index (Phi) is 6.66. The number of hydrogen-bond acceptors (Lipinski definition) is 7. The van der Waals surface area contributed by atoms with Crippen molar-refractivity contribution in [2.24, 2.45) is 12.8 Å². The van der Waals surface area contributed by atoms with Crippen molar-refractivity contribution in [1.82, 2.24) is 28.7 Å². The third-order valence-electron chi connectivity index (χ3n) is 7.40. The predicted molar refractivity (Wildman–Crippen MR) is 156 cm³/mol. The molecule has 0 bridgehead atoms. The van der Waals surface area contributed by atoms with E-state index in [0.29, 0.717) is 29.4 Å². The first-order valence-electron chi connectivity index (χ1n) is 13.4. The molecule has 1 fully saturated rings. The molecule has 1 aliphatic heterocycles. The lowest BCUT2D eigenvalue weighted by Gasteiger charge is -2.31.